The molecule has 0 unspecified atom stereocenters. The fraction of sp³-hybridized carbons (Fsp3) is 0.800. The molecule has 0 amide bonds. The molecule has 1 aliphatic rings. The number of quaternary nitrogens is 1. The third kappa shape index (κ3) is 2.91. The van der Waals surface area contributed by atoms with Gasteiger partial charge in [-0.25, -0.2) is 4.99 Å². The molecule has 1 saturated heterocycles. The number of nitrogens with zero attached hydrogens (tertiary/aromatic N) is 3. The summed E-state index contributed by atoms with van der Waals surface area (Å²) in [5.41, 5.74) is 0. The van der Waals surface area contributed by atoms with Crippen molar-refractivity contribution in [1.29, 1.82) is 0 Å². The predicted molar refractivity (Wildman–Crippen MR) is 56.2 cm³/mol. The second-order valence-corrected chi connectivity index (χ2v) is 3.75. The Morgan fingerprint density at radius 2 is 1.86 bits per heavy atom. The van der Waals surface area contributed by atoms with Gasteiger partial charge in [-0.3, -0.25) is 4.48 Å². The van der Waals surface area contributed by atoms with Gasteiger partial charge in [0.25, 0.3) is 0 Å². The zero-order valence-corrected chi connectivity index (χ0v) is 10.3. The molecule has 0 radical (unpaired) electrons. The van der Waals surface area contributed by atoms with Gasteiger partial charge in [0.2, 0.25) is 0 Å². The van der Waals surface area contributed by atoms with E-state index in [9.17, 15) is 0 Å². The number of hydrogen-bond acceptors (Lipinski definition) is 2. The minimum Gasteiger partial charge on any atom is -0.457 e. The number of rotatable bonds is 2. The van der Waals surface area contributed by atoms with Gasteiger partial charge in [0.05, 0.1) is 13.1 Å². The number of amidine groups is 1. The topological polar surface area (TPSA) is 24.7 Å². The van der Waals surface area contributed by atoms with Gasteiger partial charge in [0.15, 0.2) is 5.84 Å². The van der Waals surface area contributed by atoms with Crippen LogP contribution in [0.25, 0.3) is 0 Å². The van der Waals surface area contributed by atoms with Gasteiger partial charge in [-0.15, -0.1) is 0 Å². The monoisotopic (exact) mass is 233 g/mol. The number of likely N-dealkylation sites (tertiary alicyclic amines) is 1. The average molecular weight is 233 g/mol. The van der Waals surface area contributed by atoms with E-state index in [1.807, 2.05) is 7.05 Å². The molecule has 0 aromatic carbocycles. The normalized spacial score (nSPS) is 21.1. The van der Waals surface area contributed by atoms with E-state index in [2.05, 4.69) is 16.9 Å². The van der Waals surface area contributed by atoms with Crippen molar-refractivity contribution < 1.29 is 21.8 Å². The molecule has 1 heterocycles. The van der Waals surface area contributed by atoms with E-state index in [-0.39, 0.29) is 17.4 Å². The van der Waals surface area contributed by atoms with Crippen LogP contribution in [0.5, 0.6) is 0 Å². The Bertz CT molecular complexity index is 207. The Labute approximate surface area is 97.7 Å². The van der Waals surface area contributed by atoms with Crippen molar-refractivity contribution in [2.45, 2.75) is 26.2 Å². The average Bonchev–Trinajstić information content (AvgIpc) is 2.18. The van der Waals surface area contributed by atoms with E-state index in [1.54, 1.807) is 0 Å². The van der Waals surface area contributed by atoms with Crippen LogP contribution in [0, 0.1) is 0 Å². The van der Waals surface area contributed by atoms with Gasteiger partial charge in [0, 0.05) is 31.3 Å². The molecule has 80 valence electrons. The molecule has 1 rings (SSSR count). The second kappa shape index (κ2) is 6.34. The van der Waals surface area contributed by atoms with E-state index >= 15 is 0 Å². The molecule has 0 aromatic heterocycles. The van der Waals surface area contributed by atoms with Crippen LogP contribution in [-0.4, -0.2) is 43.8 Å². The summed E-state index contributed by atoms with van der Waals surface area (Å²) < 4.78 is 0.882. The molecule has 4 heteroatoms. The Morgan fingerprint density at radius 1 is 1.29 bits per heavy atom. The molecule has 0 atom stereocenters. The van der Waals surface area contributed by atoms with Crippen molar-refractivity contribution in [3.8, 4) is 0 Å². The van der Waals surface area contributed by atoms with Crippen molar-refractivity contribution in [3.05, 3.63) is 0 Å². The first-order chi connectivity index (χ1) is 6.25. The Hall–Kier alpha value is -0.168. The first-order valence-corrected chi connectivity index (χ1v) is 4.92. The molecule has 0 bridgehead atoms. The Morgan fingerprint density at radius 3 is 2.29 bits per heavy atom. The van der Waals surface area contributed by atoms with Crippen LogP contribution in [0.15, 0.2) is 9.98 Å². The Balaban J connectivity index is 0.00000169. The van der Waals surface area contributed by atoms with Crippen molar-refractivity contribution in [2.75, 3.05) is 26.8 Å². The van der Waals surface area contributed by atoms with E-state index in [0.29, 0.717) is 6.67 Å². The molecule has 14 heavy (non-hydrogen) atoms. The van der Waals surface area contributed by atoms with Crippen molar-refractivity contribution >= 4 is 12.6 Å². The van der Waals surface area contributed by atoms with E-state index < -0.39 is 0 Å². The Kier molecular flexibility index (Phi) is 6.27. The zero-order chi connectivity index (χ0) is 9.73. The molecule has 0 spiro atoms. The third-order valence-corrected chi connectivity index (χ3v) is 3.03. The maximum atomic E-state index is 5.29. The molecule has 0 saturated carbocycles. The van der Waals surface area contributed by atoms with Crippen molar-refractivity contribution in [3.63, 3.8) is 0 Å². The van der Waals surface area contributed by atoms with Crippen LogP contribution < -0.4 is 0 Å². The summed E-state index contributed by atoms with van der Waals surface area (Å²) in [6.45, 7) is 10.3. The molecular formula is C10H19CrN3. The van der Waals surface area contributed by atoms with Crippen LogP contribution in [0.3, 0.4) is 0 Å². The smallest absolute Gasteiger partial charge is 0.196 e. The molecular weight excluding hydrogens is 214 g/mol. The quantitative estimate of drug-likeness (QED) is 0.299. The zero-order valence-electron chi connectivity index (χ0n) is 9.07. The summed E-state index contributed by atoms with van der Waals surface area (Å²) in [6.07, 6.45) is 3.87. The summed E-state index contributed by atoms with van der Waals surface area (Å²) in [7, 11) is 1.85. The van der Waals surface area contributed by atoms with Gasteiger partial charge < -0.3 is 11.7 Å². The van der Waals surface area contributed by atoms with Crippen molar-refractivity contribution in [1.82, 2.24) is 0 Å². The molecule has 0 N–H and O–H groups in total. The maximum absolute atomic E-state index is 5.29. The summed E-state index contributed by atoms with van der Waals surface area (Å²) >= 11 is 0. The molecule has 1 fully saturated rings. The number of piperidine rings is 1. The van der Waals surface area contributed by atoms with Gasteiger partial charge in [-0.2, -0.15) is 0 Å². The maximum Gasteiger partial charge on any atom is 0.196 e. The minimum atomic E-state index is 0. The summed E-state index contributed by atoms with van der Waals surface area (Å²) in [5, 5.41) is 0. The van der Waals surface area contributed by atoms with Gasteiger partial charge >= 0.3 is 0 Å². The molecule has 0 aliphatic carbocycles. The standard InChI is InChI=1S/C10H19N3.Cr/c1-10(12-3)13(9-11-2)7-5-4-6-8-13;/h2H,4-9H2,1,3H3;. The van der Waals surface area contributed by atoms with Crippen LogP contribution in [0.1, 0.15) is 26.2 Å². The number of hydrogen-bond donors (Lipinski definition) is 0. The van der Waals surface area contributed by atoms with Crippen LogP contribution in [-0.2, 0) is 17.4 Å². The number of aliphatic imine (C=N–C) groups is 2. The van der Waals surface area contributed by atoms with Gasteiger partial charge in [-0.05, 0) is 19.3 Å². The van der Waals surface area contributed by atoms with Gasteiger partial charge in [0.1, 0.15) is 6.67 Å². The van der Waals surface area contributed by atoms with E-state index in [0.717, 1.165) is 23.4 Å². The summed E-state index contributed by atoms with van der Waals surface area (Å²) in [5.74, 6) is 1.16. The predicted octanol–water partition coefficient (Wildman–Crippen LogP) is 1.57. The van der Waals surface area contributed by atoms with Crippen LogP contribution >= 0.6 is 0 Å². The fourth-order valence-electron chi connectivity index (χ4n) is 2.05. The van der Waals surface area contributed by atoms with Gasteiger partial charge in [-0.1, -0.05) is 0 Å². The summed E-state index contributed by atoms with van der Waals surface area (Å²) in [6, 6.07) is 0. The molecule has 3 nitrogen and oxygen atoms in total. The van der Waals surface area contributed by atoms with Crippen molar-refractivity contribution in [2.24, 2.45) is 9.98 Å². The van der Waals surface area contributed by atoms with E-state index in [1.165, 1.54) is 19.3 Å². The van der Waals surface area contributed by atoms with Crippen LogP contribution in [0.4, 0.5) is 0 Å². The second-order valence-electron chi connectivity index (χ2n) is 3.75. The molecule has 0 aromatic rings. The minimum absolute atomic E-state index is 0. The first kappa shape index (κ1) is 13.8. The first-order valence-electron chi connectivity index (χ1n) is 4.92. The van der Waals surface area contributed by atoms with E-state index in [4.69, 9.17) is 6.72 Å². The fourth-order valence-corrected chi connectivity index (χ4v) is 2.05. The largest absolute Gasteiger partial charge is 0.457 e. The SMILES string of the molecule is [CH-]=NC[N+]1(C(C)=NC)CCCCC1.[Cr]. The van der Waals surface area contributed by atoms with Crippen LogP contribution in [0.2, 0.25) is 0 Å². The third-order valence-electron chi connectivity index (χ3n) is 3.03. The molecule has 1 aliphatic heterocycles. The summed E-state index contributed by atoms with van der Waals surface area (Å²) in [4.78, 5) is 8.07.